The van der Waals surface area contributed by atoms with Gasteiger partial charge in [0, 0.05) is 5.56 Å². The van der Waals surface area contributed by atoms with Crippen LogP contribution in [0.4, 0.5) is 10.1 Å². The second-order valence-electron chi connectivity index (χ2n) is 4.40. The number of hydrogen-bond donors (Lipinski definition) is 1. The van der Waals surface area contributed by atoms with Gasteiger partial charge in [-0.05, 0) is 37.6 Å². The molecule has 2 N–H and O–H groups in total. The smallest absolute Gasteiger partial charge is 0.146 e. The number of ether oxygens (including phenoxy) is 1. The van der Waals surface area contributed by atoms with Gasteiger partial charge in [-0.3, -0.25) is 0 Å². The third kappa shape index (κ3) is 2.62. The Kier molecular flexibility index (Phi) is 3.51. The number of hydrogen-bond acceptors (Lipinski definition) is 2. The summed E-state index contributed by atoms with van der Waals surface area (Å²) in [5.74, 6) is 0.337. The number of halogens is 1. The van der Waals surface area contributed by atoms with Crippen LogP contribution >= 0.6 is 0 Å². The van der Waals surface area contributed by atoms with E-state index in [0.29, 0.717) is 0 Å². The Bertz CT molecular complexity index is 552. The van der Waals surface area contributed by atoms with E-state index >= 15 is 0 Å². The average Bonchev–Trinajstić information content (AvgIpc) is 2.33. The molecule has 2 rings (SSSR count). The number of anilines is 1. The van der Waals surface area contributed by atoms with Crippen LogP contribution < -0.4 is 10.5 Å². The fraction of sp³-hybridized carbons (Fsp3) is 0.200. The minimum atomic E-state index is -0.410. The Morgan fingerprint density at radius 1 is 1.11 bits per heavy atom. The van der Waals surface area contributed by atoms with Gasteiger partial charge in [0.15, 0.2) is 0 Å². The molecular weight excluding hydrogens is 229 g/mol. The van der Waals surface area contributed by atoms with E-state index < -0.39 is 5.82 Å². The molecule has 2 nitrogen and oxygen atoms in total. The first-order valence-corrected chi connectivity index (χ1v) is 5.89. The van der Waals surface area contributed by atoms with Crippen LogP contribution in [-0.4, -0.2) is 6.10 Å². The summed E-state index contributed by atoms with van der Waals surface area (Å²) in [6.07, 6.45) is 0.0739. The Balaban J connectivity index is 2.46. The highest BCUT2D eigenvalue weighted by Gasteiger charge is 2.09. The Labute approximate surface area is 106 Å². The topological polar surface area (TPSA) is 35.2 Å². The van der Waals surface area contributed by atoms with Crippen LogP contribution in [0.25, 0.3) is 11.1 Å². The summed E-state index contributed by atoms with van der Waals surface area (Å²) < 4.78 is 19.2. The maximum Gasteiger partial charge on any atom is 0.146 e. The van der Waals surface area contributed by atoms with E-state index in [2.05, 4.69) is 0 Å². The van der Waals surface area contributed by atoms with Crippen molar-refractivity contribution in [1.82, 2.24) is 0 Å². The first-order valence-electron chi connectivity index (χ1n) is 5.89. The van der Waals surface area contributed by atoms with Crippen molar-refractivity contribution in [2.24, 2.45) is 0 Å². The van der Waals surface area contributed by atoms with E-state index in [1.165, 1.54) is 6.07 Å². The van der Waals surface area contributed by atoms with Crippen LogP contribution in [0.5, 0.6) is 5.75 Å². The molecule has 0 radical (unpaired) electrons. The first-order chi connectivity index (χ1) is 8.58. The molecule has 0 heterocycles. The van der Waals surface area contributed by atoms with Gasteiger partial charge in [-0.25, -0.2) is 4.39 Å². The van der Waals surface area contributed by atoms with Crippen LogP contribution in [0.3, 0.4) is 0 Å². The zero-order valence-electron chi connectivity index (χ0n) is 10.5. The van der Waals surface area contributed by atoms with Crippen LogP contribution in [0.2, 0.25) is 0 Å². The van der Waals surface area contributed by atoms with Crippen LogP contribution in [-0.2, 0) is 0 Å². The molecule has 0 unspecified atom stereocenters. The van der Waals surface area contributed by atoms with Crippen LogP contribution in [0.1, 0.15) is 13.8 Å². The predicted molar refractivity (Wildman–Crippen MR) is 72.0 cm³/mol. The van der Waals surface area contributed by atoms with Gasteiger partial charge in [0.2, 0.25) is 0 Å². The second-order valence-corrected chi connectivity index (χ2v) is 4.40. The van der Waals surface area contributed by atoms with Crippen LogP contribution in [0, 0.1) is 5.82 Å². The summed E-state index contributed by atoms with van der Waals surface area (Å²) in [6, 6.07) is 12.4. The van der Waals surface area contributed by atoms with E-state index in [-0.39, 0.29) is 11.8 Å². The summed E-state index contributed by atoms with van der Waals surface area (Å²) in [5, 5.41) is 0. The highest BCUT2D eigenvalue weighted by Crippen LogP contribution is 2.31. The molecule has 0 bridgehead atoms. The predicted octanol–water partition coefficient (Wildman–Crippen LogP) is 3.86. The van der Waals surface area contributed by atoms with Gasteiger partial charge in [-0.15, -0.1) is 0 Å². The molecule has 3 heteroatoms. The van der Waals surface area contributed by atoms with Crippen molar-refractivity contribution in [3.05, 3.63) is 48.3 Å². The van der Waals surface area contributed by atoms with E-state index in [0.717, 1.165) is 16.9 Å². The number of nitrogens with two attached hydrogens (primary N) is 1. The molecule has 0 aliphatic carbocycles. The summed E-state index contributed by atoms with van der Waals surface area (Å²) in [4.78, 5) is 0. The van der Waals surface area contributed by atoms with Gasteiger partial charge >= 0.3 is 0 Å². The molecular formula is C15H16FNO. The van der Waals surface area contributed by atoms with Crippen molar-refractivity contribution in [2.75, 3.05) is 5.73 Å². The number of para-hydroxylation sites is 1. The molecule has 18 heavy (non-hydrogen) atoms. The minimum absolute atomic E-state index is 0.0739. The Hall–Kier alpha value is -2.03. The van der Waals surface area contributed by atoms with Gasteiger partial charge in [0.05, 0.1) is 11.8 Å². The first kappa shape index (κ1) is 12.4. The molecule has 0 aliphatic heterocycles. The van der Waals surface area contributed by atoms with Crippen molar-refractivity contribution >= 4 is 5.69 Å². The quantitative estimate of drug-likeness (QED) is 0.833. The van der Waals surface area contributed by atoms with Crippen LogP contribution in [0.15, 0.2) is 42.5 Å². The van der Waals surface area contributed by atoms with Gasteiger partial charge < -0.3 is 10.5 Å². The molecule has 2 aromatic rings. The van der Waals surface area contributed by atoms with Gasteiger partial charge in [-0.1, -0.05) is 24.3 Å². The Morgan fingerprint density at radius 3 is 2.50 bits per heavy atom. The fourth-order valence-electron chi connectivity index (χ4n) is 1.76. The number of rotatable bonds is 3. The van der Waals surface area contributed by atoms with E-state index in [9.17, 15) is 4.39 Å². The highest BCUT2D eigenvalue weighted by atomic mass is 19.1. The molecule has 0 spiro atoms. The van der Waals surface area contributed by atoms with E-state index in [1.807, 2.05) is 38.1 Å². The molecule has 0 aliphatic rings. The molecule has 94 valence electrons. The maximum atomic E-state index is 13.5. The molecule has 0 fully saturated rings. The minimum Gasteiger partial charge on any atom is -0.490 e. The highest BCUT2D eigenvalue weighted by molar-refractivity contribution is 5.71. The van der Waals surface area contributed by atoms with Crippen molar-refractivity contribution in [1.29, 1.82) is 0 Å². The lowest BCUT2D eigenvalue weighted by Crippen LogP contribution is -2.06. The maximum absolute atomic E-state index is 13.5. The molecule has 0 aromatic heterocycles. The average molecular weight is 245 g/mol. The lowest BCUT2D eigenvalue weighted by Gasteiger charge is -2.14. The van der Waals surface area contributed by atoms with Crippen molar-refractivity contribution in [3.8, 4) is 16.9 Å². The lowest BCUT2D eigenvalue weighted by molar-refractivity contribution is 0.243. The third-order valence-electron chi connectivity index (χ3n) is 2.56. The monoisotopic (exact) mass is 245 g/mol. The van der Waals surface area contributed by atoms with E-state index in [1.54, 1.807) is 12.1 Å². The van der Waals surface area contributed by atoms with Crippen molar-refractivity contribution < 1.29 is 9.13 Å². The SMILES string of the molecule is CC(C)Oc1ccccc1-c1ccc(N)c(F)c1. The zero-order chi connectivity index (χ0) is 13.1. The Morgan fingerprint density at radius 2 is 1.83 bits per heavy atom. The van der Waals surface area contributed by atoms with E-state index in [4.69, 9.17) is 10.5 Å². The normalized spacial score (nSPS) is 10.7. The largest absolute Gasteiger partial charge is 0.490 e. The summed E-state index contributed by atoms with van der Waals surface area (Å²) in [5.41, 5.74) is 7.26. The number of benzene rings is 2. The van der Waals surface area contributed by atoms with Gasteiger partial charge in [0.25, 0.3) is 0 Å². The molecule has 0 amide bonds. The summed E-state index contributed by atoms with van der Waals surface area (Å²) in [7, 11) is 0. The number of nitrogen functional groups attached to an aromatic ring is 1. The standard InChI is InChI=1S/C15H16FNO/c1-10(2)18-15-6-4-3-5-12(15)11-7-8-14(17)13(16)9-11/h3-10H,17H2,1-2H3. The second kappa shape index (κ2) is 5.08. The summed E-state index contributed by atoms with van der Waals surface area (Å²) >= 11 is 0. The van der Waals surface area contributed by atoms with Gasteiger partial charge in [-0.2, -0.15) is 0 Å². The molecule has 2 aromatic carbocycles. The van der Waals surface area contributed by atoms with Crippen molar-refractivity contribution in [3.63, 3.8) is 0 Å². The van der Waals surface area contributed by atoms with Gasteiger partial charge in [0.1, 0.15) is 11.6 Å². The lowest BCUT2D eigenvalue weighted by atomic mass is 10.0. The van der Waals surface area contributed by atoms with Crippen molar-refractivity contribution in [2.45, 2.75) is 20.0 Å². The summed E-state index contributed by atoms with van der Waals surface area (Å²) in [6.45, 7) is 3.92. The molecule has 0 saturated heterocycles. The third-order valence-corrected chi connectivity index (χ3v) is 2.56. The molecule has 0 saturated carbocycles. The zero-order valence-corrected chi connectivity index (χ0v) is 10.5. The molecule has 0 atom stereocenters. The fourth-order valence-corrected chi connectivity index (χ4v) is 1.76.